The van der Waals surface area contributed by atoms with Crippen molar-refractivity contribution in [1.82, 2.24) is 10.3 Å². The maximum Gasteiger partial charge on any atom is 0.0391 e. The Morgan fingerprint density at radius 1 is 1.36 bits per heavy atom. The SMILES string of the molecule is CCC(C)CC(NN)C(C)(C)N(C)C. The Kier molecular flexibility index (Phi) is 5.64. The molecule has 0 saturated heterocycles. The highest BCUT2D eigenvalue weighted by molar-refractivity contribution is 4.90. The number of nitrogens with two attached hydrogens (primary N) is 1. The zero-order valence-corrected chi connectivity index (χ0v) is 10.6. The first-order valence-corrected chi connectivity index (χ1v) is 5.49. The minimum Gasteiger partial charge on any atom is -0.303 e. The third-order valence-corrected chi connectivity index (χ3v) is 3.54. The average Bonchev–Trinajstić information content (AvgIpc) is 2.12. The Morgan fingerprint density at radius 2 is 1.86 bits per heavy atom. The van der Waals surface area contributed by atoms with Gasteiger partial charge in [-0.25, -0.2) is 0 Å². The van der Waals surface area contributed by atoms with Gasteiger partial charge in [0.2, 0.25) is 0 Å². The topological polar surface area (TPSA) is 41.3 Å². The van der Waals surface area contributed by atoms with Crippen molar-refractivity contribution in [2.45, 2.75) is 52.1 Å². The van der Waals surface area contributed by atoms with Crippen molar-refractivity contribution in [1.29, 1.82) is 0 Å². The molecule has 3 heteroatoms. The molecule has 3 N–H and O–H groups in total. The van der Waals surface area contributed by atoms with Crippen LogP contribution in [-0.4, -0.2) is 30.6 Å². The van der Waals surface area contributed by atoms with E-state index in [0.29, 0.717) is 6.04 Å². The van der Waals surface area contributed by atoms with E-state index in [4.69, 9.17) is 5.84 Å². The Hall–Kier alpha value is -0.120. The van der Waals surface area contributed by atoms with Gasteiger partial charge in [-0.05, 0) is 40.3 Å². The molecule has 0 aliphatic heterocycles. The number of nitrogens with one attached hydrogen (secondary N) is 1. The summed E-state index contributed by atoms with van der Waals surface area (Å²) < 4.78 is 0. The minimum atomic E-state index is 0.0954. The van der Waals surface area contributed by atoms with Crippen molar-refractivity contribution >= 4 is 0 Å². The lowest BCUT2D eigenvalue weighted by Gasteiger charge is -2.40. The van der Waals surface area contributed by atoms with Crippen molar-refractivity contribution in [2.24, 2.45) is 11.8 Å². The van der Waals surface area contributed by atoms with E-state index in [1.807, 2.05) is 0 Å². The fourth-order valence-corrected chi connectivity index (χ4v) is 1.44. The standard InChI is InChI=1S/C11H27N3/c1-7-9(2)8-10(13-12)11(3,4)14(5)6/h9-10,13H,7-8,12H2,1-6H3. The molecule has 0 bridgehead atoms. The molecule has 0 aromatic rings. The molecule has 14 heavy (non-hydrogen) atoms. The van der Waals surface area contributed by atoms with E-state index >= 15 is 0 Å². The Morgan fingerprint density at radius 3 is 2.14 bits per heavy atom. The van der Waals surface area contributed by atoms with Crippen molar-refractivity contribution in [3.63, 3.8) is 0 Å². The van der Waals surface area contributed by atoms with E-state index in [1.54, 1.807) is 0 Å². The van der Waals surface area contributed by atoms with Crippen LogP contribution in [0.1, 0.15) is 40.5 Å². The minimum absolute atomic E-state index is 0.0954. The van der Waals surface area contributed by atoms with Crippen LogP contribution in [0.4, 0.5) is 0 Å². The molecule has 0 spiro atoms. The van der Waals surface area contributed by atoms with Gasteiger partial charge >= 0.3 is 0 Å². The van der Waals surface area contributed by atoms with Crippen LogP contribution in [-0.2, 0) is 0 Å². The summed E-state index contributed by atoms with van der Waals surface area (Å²) in [6, 6.07) is 0.340. The number of hydrogen-bond acceptors (Lipinski definition) is 3. The number of rotatable bonds is 6. The molecule has 0 rings (SSSR count). The lowest BCUT2D eigenvalue weighted by atomic mass is 9.86. The molecule has 0 aliphatic rings. The molecular formula is C11H27N3. The molecule has 0 saturated carbocycles. The first kappa shape index (κ1) is 13.9. The molecule has 0 amide bonds. The van der Waals surface area contributed by atoms with Crippen LogP contribution >= 0.6 is 0 Å². The highest BCUT2D eigenvalue weighted by atomic mass is 15.3. The van der Waals surface area contributed by atoms with Crippen LogP contribution in [0.3, 0.4) is 0 Å². The fourth-order valence-electron chi connectivity index (χ4n) is 1.44. The molecule has 0 heterocycles. The Labute approximate surface area is 89.0 Å². The van der Waals surface area contributed by atoms with E-state index in [-0.39, 0.29) is 5.54 Å². The summed E-state index contributed by atoms with van der Waals surface area (Å²) >= 11 is 0. The monoisotopic (exact) mass is 201 g/mol. The second kappa shape index (κ2) is 5.69. The highest BCUT2D eigenvalue weighted by Gasteiger charge is 2.31. The molecule has 0 aliphatic carbocycles. The predicted molar refractivity (Wildman–Crippen MR) is 62.9 cm³/mol. The summed E-state index contributed by atoms with van der Waals surface area (Å²) in [6.07, 6.45) is 2.33. The lowest BCUT2D eigenvalue weighted by Crippen LogP contribution is -2.57. The molecule has 0 aromatic carbocycles. The van der Waals surface area contributed by atoms with Crippen LogP contribution in [0.2, 0.25) is 0 Å². The smallest absolute Gasteiger partial charge is 0.0391 e. The van der Waals surface area contributed by atoms with E-state index < -0.39 is 0 Å². The fraction of sp³-hybridized carbons (Fsp3) is 1.00. The molecule has 86 valence electrons. The third kappa shape index (κ3) is 3.56. The van der Waals surface area contributed by atoms with Crippen molar-refractivity contribution in [3.05, 3.63) is 0 Å². The number of hydrogen-bond donors (Lipinski definition) is 2. The second-order valence-electron chi connectivity index (χ2n) is 5.02. The largest absolute Gasteiger partial charge is 0.303 e. The van der Waals surface area contributed by atoms with Gasteiger partial charge in [-0.15, -0.1) is 0 Å². The zero-order chi connectivity index (χ0) is 11.4. The number of likely N-dealkylation sites (N-methyl/N-ethyl adjacent to an activating group) is 1. The molecule has 0 fully saturated rings. The first-order chi connectivity index (χ1) is 6.36. The van der Waals surface area contributed by atoms with Crippen LogP contribution in [0.25, 0.3) is 0 Å². The van der Waals surface area contributed by atoms with Gasteiger partial charge in [0.15, 0.2) is 0 Å². The van der Waals surface area contributed by atoms with Crippen molar-refractivity contribution in [2.75, 3.05) is 14.1 Å². The van der Waals surface area contributed by atoms with Crippen LogP contribution in [0.15, 0.2) is 0 Å². The van der Waals surface area contributed by atoms with Crippen molar-refractivity contribution < 1.29 is 0 Å². The quantitative estimate of drug-likeness (QED) is 0.506. The normalized spacial score (nSPS) is 17.1. The lowest BCUT2D eigenvalue weighted by molar-refractivity contribution is 0.122. The van der Waals surface area contributed by atoms with Gasteiger partial charge in [-0.1, -0.05) is 20.3 Å². The van der Waals surface area contributed by atoms with Gasteiger partial charge in [0, 0.05) is 11.6 Å². The summed E-state index contributed by atoms with van der Waals surface area (Å²) in [5.41, 5.74) is 3.04. The summed E-state index contributed by atoms with van der Waals surface area (Å²) in [5.74, 6) is 6.34. The van der Waals surface area contributed by atoms with Gasteiger partial charge in [-0.2, -0.15) is 0 Å². The molecule has 0 aromatic heterocycles. The van der Waals surface area contributed by atoms with E-state index in [9.17, 15) is 0 Å². The number of hydrazine groups is 1. The molecule has 0 radical (unpaired) electrons. The summed E-state index contributed by atoms with van der Waals surface area (Å²) in [4.78, 5) is 2.22. The predicted octanol–water partition coefficient (Wildman–Crippen LogP) is 1.59. The third-order valence-electron chi connectivity index (χ3n) is 3.54. The van der Waals surface area contributed by atoms with E-state index in [1.165, 1.54) is 6.42 Å². The molecule has 3 nitrogen and oxygen atoms in total. The molecule has 2 atom stereocenters. The zero-order valence-electron chi connectivity index (χ0n) is 10.6. The highest BCUT2D eigenvalue weighted by Crippen LogP contribution is 2.22. The second-order valence-corrected chi connectivity index (χ2v) is 5.02. The van der Waals surface area contributed by atoms with Crippen molar-refractivity contribution in [3.8, 4) is 0 Å². The van der Waals surface area contributed by atoms with Crippen LogP contribution < -0.4 is 11.3 Å². The van der Waals surface area contributed by atoms with Gasteiger partial charge in [0.05, 0.1) is 0 Å². The Balaban J connectivity index is 4.39. The Bertz CT molecular complexity index is 155. The van der Waals surface area contributed by atoms with Crippen LogP contribution in [0, 0.1) is 5.92 Å². The van der Waals surface area contributed by atoms with Gasteiger partial charge in [-0.3, -0.25) is 11.3 Å². The summed E-state index contributed by atoms with van der Waals surface area (Å²) in [7, 11) is 4.20. The summed E-state index contributed by atoms with van der Waals surface area (Å²) in [5, 5.41) is 0. The van der Waals surface area contributed by atoms with Gasteiger partial charge < -0.3 is 4.90 Å². The van der Waals surface area contributed by atoms with Gasteiger partial charge in [0.25, 0.3) is 0 Å². The molecular weight excluding hydrogens is 174 g/mol. The first-order valence-electron chi connectivity index (χ1n) is 5.49. The van der Waals surface area contributed by atoms with Gasteiger partial charge in [0.1, 0.15) is 0 Å². The van der Waals surface area contributed by atoms with Crippen LogP contribution in [0.5, 0.6) is 0 Å². The van der Waals surface area contributed by atoms with E-state index in [0.717, 1.165) is 12.3 Å². The summed E-state index contributed by atoms with van der Waals surface area (Å²) in [6.45, 7) is 8.94. The van der Waals surface area contributed by atoms with E-state index in [2.05, 4.69) is 52.1 Å². The maximum absolute atomic E-state index is 5.62. The average molecular weight is 201 g/mol. The maximum atomic E-state index is 5.62. The molecule has 2 unspecified atom stereocenters. The number of nitrogens with zero attached hydrogens (tertiary/aromatic N) is 1.